The predicted octanol–water partition coefficient (Wildman–Crippen LogP) is 5.09. The van der Waals surface area contributed by atoms with Gasteiger partial charge in [0.25, 0.3) is 0 Å². The van der Waals surface area contributed by atoms with Crippen LogP contribution in [0.5, 0.6) is 0 Å². The zero-order valence-corrected chi connectivity index (χ0v) is 12.5. The van der Waals surface area contributed by atoms with Crippen LogP contribution in [0.2, 0.25) is 5.02 Å². The van der Waals surface area contributed by atoms with Crippen molar-refractivity contribution in [1.82, 2.24) is 0 Å². The van der Waals surface area contributed by atoms with E-state index in [1.165, 1.54) is 13.2 Å². The van der Waals surface area contributed by atoms with Crippen LogP contribution < -0.4 is 0 Å². The number of ether oxygens (including phenoxy) is 1. The first-order chi connectivity index (χ1) is 10.6. The summed E-state index contributed by atoms with van der Waals surface area (Å²) in [5, 5.41) is 1.68. The molecule has 3 rings (SSSR count). The van der Waals surface area contributed by atoms with Crippen LogP contribution in [0.4, 0.5) is 4.39 Å². The van der Waals surface area contributed by atoms with Crippen molar-refractivity contribution in [2.24, 2.45) is 0 Å². The van der Waals surface area contributed by atoms with Crippen LogP contribution in [0.25, 0.3) is 21.9 Å². The Bertz CT molecular complexity index is 874. The summed E-state index contributed by atoms with van der Waals surface area (Å²) in [4.78, 5) is 12.0. The number of hydrogen-bond donors (Lipinski definition) is 0. The van der Waals surface area contributed by atoms with Crippen LogP contribution in [0.3, 0.4) is 0 Å². The van der Waals surface area contributed by atoms with Crippen molar-refractivity contribution in [2.75, 3.05) is 7.11 Å². The van der Waals surface area contributed by atoms with E-state index in [9.17, 15) is 9.18 Å². The van der Waals surface area contributed by atoms with Gasteiger partial charge in [0, 0.05) is 10.4 Å². The van der Waals surface area contributed by atoms with Crippen LogP contribution >= 0.6 is 11.6 Å². The largest absolute Gasteiger partial charge is 0.465 e. The molecule has 0 saturated heterocycles. The first kappa shape index (κ1) is 14.5. The minimum absolute atomic E-state index is 0.298. The fourth-order valence-corrected chi connectivity index (χ4v) is 2.70. The Hall–Kier alpha value is -2.39. The molecule has 3 aromatic carbocycles. The Labute approximate surface area is 132 Å². The quantitative estimate of drug-likeness (QED) is 0.616. The van der Waals surface area contributed by atoms with Gasteiger partial charge in [-0.15, -0.1) is 0 Å². The van der Waals surface area contributed by atoms with Gasteiger partial charge in [0.15, 0.2) is 0 Å². The summed E-state index contributed by atoms with van der Waals surface area (Å²) >= 11 is 5.98. The monoisotopic (exact) mass is 314 g/mol. The molecule has 0 aliphatic heterocycles. The molecule has 0 saturated carbocycles. The van der Waals surface area contributed by atoms with Crippen molar-refractivity contribution < 1.29 is 13.9 Å². The number of halogens is 2. The molecule has 110 valence electrons. The predicted molar refractivity (Wildman–Crippen MR) is 85.7 cm³/mol. The minimum Gasteiger partial charge on any atom is -0.465 e. The van der Waals surface area contributed by atoms with Crippen molar-refractivity contribution in [3.05, 3.63) is 71.0 Å². The van der Waals surface area contributed by atoms with Gasteiger partial charge in [-0.25, -0.2) is 9.18 Å². The van der Waals surface area contributed by atoms with Gasteiger partial charge in [-0.3, -0.25) is 0 Å². The zero-order valence-electron chi connectivity index (χ0n) is 11.8. The van der Waals surface area contributed by atoms with Crippen LogP contribution in [-0.4, -0.2) is 13.1 Å². The third-order valence-electron chi connectivity index (χ3n) is 3.55. The number of fused-ring (bicyclic) bond motifs is 1. The van der Waals surface area contributed by atoms with Gasteiger partial charge < -0.3 is 4.74 Å². The Kier molecular flexibility index (Phi) is 3.82. The first-order valence-electron chi connectivity index (χ1n) is 6.67. The lowest BCUT2D eigenvalue weighted by atomic mass is 9.94. The number of esters is 1. The van der Waals surface area contributed by atoms with Gasteiger partial charge in [-0.2, -0.15) is 0 Å². The van der Waals surface area contributed by atoms with E-state index < -0.39 is 5.97 Å². The molecule has 2 nitrogen and oxygen atoms in total. The van der Waals surface area contributed by atoms with Crippen molar-refractivity contribution >= 4 is 28.3 Å². The lowest BCUT2D eigenvalue weighted by molar-refractivity contribution is 0.0601. The molecule has 22 heavy (non-hydrogen) atoms. The van der Waals surface area contributed by atoms with Gasteiger partial charge >= 0.3 is 5.97 Å². The molecule has 0 bridgehead atoms. The summed E-state index contributed by atoms with van der Waals surface area (Å²) in [6.45, 7) is 0. The Morgan fingerprint density at radius 2 is 1.68 bits per heavy atom. The maximum Gasteiger partial charge on any atom is 0.338 e. The normalized spacial score (nSPS) is 10.7. The highest BCUT2D eigenvalue weighted by molar-refractivity contribution is 6.31. The Balaban J connectivity index is 2.33. The molecule has 0 aliphatic rings. The average Bonchev–Trinajstić information content (AvgIpc) is 2.55. The molecule has 3 aromatic rings. The van der Waals surface area contributed by atoms with E-state index in [0.29, 0.717) is 21.5 Å². The number of hydrogen-bond acceptors (Lipinski definition) is 2. The second-order valence-corrected chi connectivity index (χ2v) is 5.26. The molecule has 0 spiro atoms. The fraction of sp³-hybridized carbons (Fsp3) is 0.0556. The molecule has 0 unspecified atom stereocenters. The van der Waals surface area contributed by atoms with Crippen LogP contribution in [-0.2, 0) is 4.74 Å². The van der Waals surface area contributed by atoms with Crippen LogP contribution in [0.1, 0.15) is 10.4 Å². The number of benzene rings is 3. The molecule has 0 heterocycles. The van der Waals surface area contributed by atoms with E-state index in [0.717, 1.165) is 10.9 Å². The minimum atomic E-state index is -0.481. The molecular formula is C18H12ClFO2. The highest BCUT2D eigenvalue weighted by atomic mass is 35.5. The SMILES string of the molecule is COC(=O)c1cc(Cl)ccc1-c1ccc(F)c2ccccc12. The summed E-state index contributed by atoms with van der Waals surface area (Å²) < 4.78 is 18.8. The van der Waals surface area contributed by atoms with Crippen LogP contribution in [0.15, 0.2) is 54.6 Å². The van der Waals surface area contributed by atoms with Crippen molar-refractivity contribution in [3.8, 4) is 11.1 Å². The van der Waals surface area contributed by atoms with E-state index in [1.54, 1.807) is 36.4 Å². The molecule has 4 heteroatoms. The summed E-state index contributed by atoms with van der Waals surface area (Å²) in [6.07, 6.45) is 0. The van der Waals surface area contributed by atoms with E-state index in [1.807, 2.05) is 12.1 Å². The summed E-state index contributed by atoms with van der Waals surface area (Å²) in [5.41, 5.74) is 1.77. The number of rotatable bonds is 2. The second-order valence-electron chi connectivity index (χ2n) is 4.82. The summed E-state index contributed by atoms with van der Waals surface area (Å²) in [5.74, 6) is -0.779. The number of methoxy groups -OCH3 is 1. The third kappa shape index (κ3) is 2.44. The molecule has 0 N–H and O–H groups in total. The lowest BCUT2D eigenvalue weighted by Gasteiger charge is -2.12. The lowest BCUT2D eigenvalue weighted by Crippen LogP contribution is -2.04. The summed E-state index contributed by atoms with van der Waals surface area (Å²) in [7, 11) is 1.32. The Morgan fingerprint density at radius 3 is 2.41 bits per heavy atom. The summed E-state index contributed by atoms with van der Waals surface area (Å²) in [6, 6.07) is 15.2. The smallest absolute Gasteiger partial charge is 0.338 e. The molecule has 0 aromatic heterocycles. The molecule has 0 radical (unpaired) electrons. The van der Waals surface area contributed by atoms with Gasteiger partial charge in [-0.1, -0.05) is 48.0 Å². The molecule has 0 atom stereocenters. The zero-order chi connectivity index (χ0) is 15.7. The second kappa shape index (κ2) is 5.78. The van der Waals surface area contributed by atoms with Gasteiger partial charge in [-0.05, 0) is 34.7 Å². The maximum atomic E-state index is 14.0. The highest BCUT2D eigenvalue weighted by Gasteiger charge is 2.16. The molecular weight excluding hydrogens is 303 g/mol. The molecule has 0 aliphatic carbocycles. The maximum absolute atomic E-state index is 14.0. The average molecular weight is 315 g/mol. The van der Waals surface area contributed by atoms with Crippen molar-refractivity contribution in [1.29, 1.82) is 0 Å². The van der Waals surface area contributed by atoms with E-state index >= 15 is 0 Å². The van der Waals surface area contributed by atoms with Gasteiger partial charge in [0.2, 0.25) is 0 Å². The van der Waals surface area contributed by atoms with Crippen molar-refractivity contribution in [2.45, 2.75) is 0 Å². The first-order valence-corrected chi connectivity index (χ1v) is 7.05. The van der Waals surface area contributed by atoms with E-state index in [2.05, 4.69) is 0 Å². The number of carbonyl (C=O) groups excluding carboxylic acids is 1. The van der Waals surface area contributed by atoms with E-state index in [-0.39, 0.29) is 5.82 Å². The molecule has 0 amide bonds. The van der Waals surface area contributed by atoms with E-state index in [4.69, 9.17) is 16.3 Å². The van der Waals surface area contributed by atoms with Crippen LogP contribution in [0, 0.1) is 5.82 Å². The standard InChI is InChI=1S/C18H12ClFO2/c1-22-18(21)16-10-11(19)6-7-14(16)13-8-9-17(20)15-5-3-2-4-12(13)15/h2-10H,1H3. The Morgan fingerprint density at radius 1 is 1.00 bits per heavy atom. The third-order valence-corrected chi connectivity index (χ3v) is 3.78. The van der Waals surface area contributed by atoms with Gasteiger partial charge in [0.05, 0.1) is 12.7 Å². The molecule has 0 fully saturated rings. The van der Waals surface area contributed by atoms with Crippen molar-refractivity contribution in [3.63, 3.8) is 0 Å². The topological polar surface area (TPSA) is 26.3 Å². The van der Waals surface area contributed by atoms with Gasteiger partial charge in [0.1, 0.15) is 5.82 Å². The number of carbonyl (C=O) groups is 1. The highest BCUT2D eigenvalue weighted by Crippen LogP contribution is 2.33. The fourth-order valence-electron chi connectivity index (χ4n) is 2.53.